The quantitative estimate of drug-likeness (QED) is 0.222. The summed E-state index contributed by atoms with van der Waals surface area (Å²) in [6.07, 6.45) is 6.30. The minimum atomic E-state index is -0.524. The molecule has 0 saturated heterocycles. The van der Waals surface area contributed by atoms with Gasteiger partial charge in [0.05, 0.1) is 16.8 Å². The number of hydrogen-bond donors (Lipinski definition) is 0. The molecule has 1 aliphatic rings. The summed E-state index contributed by atoms with van der Waals surface area (Å²) < 4.78 is 5.49. The van der Waals surface area contributed by atoms with E-state index < -0.39 is 5.97 Å². The lowest BCUT2D eigenvalue weighted by Crippen LogP contribution is -2.15. The number of ether oxygens (including phenoxy) is 1. The van der Waals surface area contributed by atoms with Crippen LogP contribution in [0, 0.1) is 6.92 Å². The number of carbonyl (C=O) groups excluding carboxylic acids is 2. The van der Waals surface area contributed by atoms with Gasteiger partial charge in [-0.3, -0.25) is 4.79 Å². The van der Waals surface area contributed by atoms with Gasteiger partial charge in [0.15, 0.2) is 12.4 Å². The molecule has 0 radical (unpaired) electrons. The van der Waals surface area contributed by atoms with Crippen molar-refractivity contribution in [3.05, 3.63) is 101 Å². The smallest absolute Gasteiger partial charge is 0.339 e. The number of Topliss-reactive ketones (excluding diaryl/α,β-unsaturated/α-hetero) is 1. The average Bonchev–Trinajstić information content (AvgIpc) is 2.92. The number of fused-ring (bicyclic) bond motifs is 1. The minimum absolute atomic E-state index is 0.203. The maximum atomic E-state index is 13.1. The molecule has 0 unspecified atom stereocenters. The van der Waals surface area contributed by atoms with Crippen molar-refractivity contribution in [3.8, 4) is 11.3 Å². The zero-order chi connectivity index (χ0) is 24.2. The van der Waals surface area contributed by atoms with Crippen LogP contribution in [0.2, 0.25) is 0 Å². The second-order valence-electron chi connectivity index (χ2n) is 9.39. The van der Waals surface area contributed by atoms with Crippen LogP contribution < -0.4 is 0 Å². The Balaban J connectivity index is 1.33. The van der Waals surface area contributed by atoms with Crippen molar-refractivity contribution < 1.29 is 14.3 Å². The van der Waals surface area contributed by atoms with Crippen molar-refractivity contribution in [1.82, 2.24) is 4.98 Å². The predicted octanol–water partition coefficient (Wildman–Crippen LogP) is 7.30. The van der Waals surface area contributed by atoms with Crippen LogP contribution in [0.5, 0.6) is 0 Å². The van der Waals surface area contributed by atoms with E-state index in [0.29, 0.717) is 33.6 Å². The average molecular weight is 464 g/mol. The Morgan fingerprint density at radius 2 is 1.60 bits per heavy atom. The molecular weight excluding hydrogens is 434 g/mol. The Morgan fingerprint density at radius 3 is 2.34 bits per heavy atom. The highest BCUT2D eigenvalue weighted by molar-refractivity contribution is 6.06. The lowest BCUT2D eigenvalue weighted by atomic mass is 9.84. The third kappa shape index (κ3) is 5.17. The van der Waals surface area contributed by atoms with Gasteiger partial charge in [-0.05, 0) is 43.4 Å². The topological polar surface area (TPSA) is 56.3 Å². The molecule has 0 bridgehead atoms. The summed E-state index contributed by atoms with van der Waals surface area (Å²) in [4.78, 5) is 30.6. The summed E-state index contributed by atoms with van der Waals surface area (Å²) in [5, 5.41) is 0.706. The summed E-state index contributed by atoms with van der Waals surface area (Å²) in [6, 6.07) is 25.1. The second kappa shape index (κ2) is 10.2. The fourth-order valence-corrected chi connectivity index (χ4v) is 4.89. The van der Waals surface area contributed by atoms with E-state index in [2.05, 4.69) is 12.1 Å². The molecule has 0 atom stereocenters. The van der Waals surface area contributed by atoms with Crippen molar-refractivity contribution in [1.29, 1.82) is 0 Å². The van der Waals surface area contributed by atoms with Gasteiger partial charge in [-0.15, -0.1) is 0 Å². The number of ketones is 1. The molecule has 1 aromatic heterocycles. The number of esters is 1. The van der Waals surface area contributed by atoms with Gasteiger partial charge in [0.25, 0.3) is 0 Å². The highest BCUT2D eigenvalue weighted by atomic mass is 16.5. The molecule has 1 aliphatic carbocycles. The molecule has 4 nitrogen and oxygen atoms in total. The first-order chi connectivity index (χ1) is 17.1. The van der Waals surface area contributed by atoms with E-state index in [1.54, 1.807) is 6.07 Å². The van der Waals surface area contributed by atoms with E-state index >= 15 is 0 Å². The Hall–Kier alpha value is -3.79. The van der Waals surface area contributed by atoms with Crippen LogP contribution in [-0.4, -0.2) is 23.3 Å². The van der Waals surface area contributed by atoms with Gasteiger partial charge < -0.3 is 4.74 Å². The number of nitrogens with zero attached hydrogens (tertiary/aromatic N) is 1. The fourth-order valence-electron chi connectivity index (χ4n) is 4.89. The van der Waals surface area contributed by atoms with Crippen LogP contribution in [0.15, 0.2) is 78.9 Å². The Morgan fingerprint density at radius 1 is 0.886 bits per heavy atom. The molecule has 0 amide bonds. The molecule has 0 spiro atoms. The first-order valence-electron chi connectivity index (χ1n) is 12.4. The largest absolute Gasteiger partial charge is 0.454 e. The molecule has 1 saturated carbocycles. The predicted molar refractivity (Wildman–Crippen MR) is 139 cm³/mol. The van der Waals surface area contributed by atoms with Crippen LogP contribution in [0.4, 0.5) is 0 Å². The van der Waals surface area contributed by atoms with Gasteiger partial charge >= 0.3 is 5.97 Å². The lowest BCUT2D eigenvalue weighted by Gasteiger charge is -2.22. The van der Waals surface area contributed by atoms with Crippen molar-refractivity contribution in [2.45, 2.75) is 44.9 Å². The summed E-state index contributed by atoms with van der Waals surface area (Å²) in [7, 11) is 0. The maximum Gasteiger partial charge on any atom is 0.339 e. The van der Waals surface area contributed by atoms with Crippen LogP contribution >= 0.6 is 0 Å². The first-order valence-corrected chi connectivity index (χ1v) is 12.4. The van der Waals surface area contributed by atoms with Gasteiger partial charge in [0.2, 0.25) is 0 Å². The molecule has 35 heavy (non-hydrogen) atoms. The number of aryl methyl sites for hydroxylation is 1. The molecule has 0 aliphatic heterocycles. The summed E-state index contributed by atoms with van der Waals surface area (Å²) in [6.45, 7) is 1.74. The van der Waals surface area contributed by atoms with Gasteiger partial charge in [-0.25, -0.2) is 9.78 Å². The van der Waals surface area contributed by atoms with Crippen molar-refractivity contribution in [3.63, 3.8) is 0 Å². The van der Waals surface area contributed by atoms with Crippen molar-refractivity contribution in [2.24, 2.45) is 0 Å². The Labute approximate surface area is 206 Å². The van der Waals surface area contributed by atoms with Gasteiger partial charge in [-0.1, -0.05) is 91.6 Å². The van der Waals surface area contributed by atoms with E-state index in [9.17, 15) is 9.59 Å². The van der Waals surface area contributed by atoms with Crippen molar-refractivity contribution in [2.75, 3.05) is 6.61 Å². The molecule has 0 N–H and O–H groups in total. The molecule has 4 aromatic rings. The van der Waals surface area contributed by atoms with Gasteiger partial charge in [0, 0.05) is 16.5 Å². The summed E-state index contributed by atoms with van der Waals surface area (Å²) in [5.74, 6) is -0.136. The molecule has 5 rings (SSSR count). The van der Waals surface area contributed by atoms with Crippen LogP contribution in [0.1, 0.15) is 69.9 Å². The van der Waals surface area contributed by atoms with Gasteiger partial charge in [-0.2, -0.15) is 0 Å². The van der Waals surface area contributed by atoms with E-state index in [1.165, 1.54) is 37.7 Å². The molecule has 1 fully saturated rings. The third-order valence-corrected chi connectivity index (χ3v) is 6.93. The molecule has 3 aromatic carbocycles. The normalized spacial score (nSPS) is 14.1. The lowest BCUT2D eigenvalue weighted by molar-refractivity contribution is 0.0476. The Bertz CT molecular complexity index is 1350. The first kappa shape index (κ1) is 23.0. The summed E-state index contributed by atoms with van der Waals surface area (Å²) >= 11 is 0. The highest BCUT2D eigenvalue weighted by Crippen LogP contribution is 2.32. The summed E-state index contributed by atoms with van der Waals surface area (Å²) in [5.41, 5.74) is 5.75. The zero-order valence-electron chi connectivity index (χ0n) is 20.0. The highest BCUT2D eigenvalue weighted by Gasteiger charge is 2.19. The van der Waals surface area contributed by atoms with Crippen LogP contribution in [0.3, 0.4) is 0 Å². The molecular formula is C31H29NO3. The second-order valence-corrected chi connectivity index (χ2v) is 9.39. The number of rotatable bonds is 6. The number of carbonyl (C=O) groups is 2. The molecule has 4 heteroatoms. The monoisotopic (exact) mass is 463 g/mol. The van der Waals surface area contributed by atoms with Crippen LogP contribution in [0.25, 0.3) is 22.2 Å². The van der Waals surface area contributed by atoms with E-state index in [1.807, 2.05) is 67.6 Å². The Kier molecular flexibility index (Phi) is 6.71. The van der Waals surface area contributed by atoms with Crippen LogP contribution in [-0.2, 0) is 4.74 Å². The molecule has 176 valence electrons. The van der Waals surface area contributed by atoms with E-state index in [0.717, 1.165) is 11.1 Å². The van der Waals surface area contributed by atoms with Crippen molar-refractivity contribution >= 4 is 22.7 Å². The van der Waals surface area contributed by atoms with E-state index in [4.69, 9.17) is 9.72 Å². The fraction of sp³-hybridized carbons (Fsp3) is 0.258. The number of benzene rings is 3. The molecule has 1 heterocycles. The number of aromatic nitrogens is 1. The SMILES string of the molecule is Cc1ccc(-c2cc(C(=O)OCC(=O)c3ccc(C4CCCCC4)cc3)c3ccccc3n2)cc1. The number of pyridine rings is 1. The van der Waals surface area contributed by atoms with Gasteiger partial charge in [0.1, 0.15) is 0 Å². The number of para-hydroxylation sites is 1. The zero-order valence-corrected chi connectivity index (χ0v) is 20.0. The standard InChI is InChI=1S/C31H29NO3/c1-21-11-13-24(14-12-21)29-19-27(26-9-5-6-10-28(26)32-29)31(34)35-20-30(33)25-17-15-23(16-18-25)22-7-3-2-4-8-22/h5-6,9-19,22H,2-4,7-8,20H2,1H3. The van der Waals surface area contributed by atoms with E-state index in [-0.39, 0.29) is 12.4 Å². The number of hydrogen-bond acceptors (Lipinski definition) is 4. The minimum Gasteiger partial charge on any atom is -0.454 e. The maximum absolute atomic E-state index is 13.1. The third-order valence-electron chi connectivity index (χ3n) is 6.93.